The minimum atomic E-state index is 0.391. The Morgan fingerprint density at radius 1 is 1.29 bits per heavy atom. The Balaban J connectivity index is 2.71. The summed E-state index contributed by atoms with van der Waals surface area (Å²) in [7, 11) is 3.34. The van der Waals surface area contributed by atoms with Gasteiger partial charge in [0.25, 0.3) is 0 Å². The molecule has 1 heterocycles. The Morgan fingerprint density at radius 3 is 2.47 bits per heavy atom. The fourth-order valence-corrected chi connectivity index (χ4v) is 1.34. The summed E-state index contributed by atoms with van der Waals surface area (Å²) in [6.07, 6.45) is 1.66. The number of hydrazine groups is 1. The third kappa shape index (κ3) is 4.51. The van der Waals surface area contributed by atoms with Crippen LogP contribution in [-0.2, 0) is 9.47 Å². The number of nitrogens with one attached hydrogen (secondary N) is 1. The first-order chi connectivity index (χ1) is 8.31. The highest BCUT2D eigenvalue weighted by molar-refractivity contribution is 5.41. The summed E-state index contributed by atoms with van der Waals surface area (Å²) < 4.78 is 10.1. The van der Waals surface area contributed by atoms with Gasteiger partial charge in [-0.15, -0.1) is 0 Å². The molecule has 1 rings (SSSR count). The van der Waals surface area contributed by atoms with E-state index in [1.807, 2.05) is 6.07 Å². The summed E-state index contributed by atoms with van der Waals surface area (Å²) in [4.78, 5) is 10.3. The van der Waals surface area contributed by atoms with Gasteiger partial charge in [0.15, 0.2) is 0 Å². The minimum Gasteiger partial charge on any atom is -0.383 e. The first-order valence-corrected chi connectivity index (χ1v) is 5.34. The number of rotatable bonds is 8. The average Bonchev–Trinajstić information content (AvgIpc) is 2.39. The minimum absolute atomic E-state index is 0.391. The van der Waals surface area contributed by atoms with Gasteiger partial charge in [-0.1, -0.05) is 0 Å². The molecule has 0 aliphatic carbocycles. The van der Waals surface area contributed by atoms with Gasteiger partial charge in [0.05, 0.1) is 13.2 Å². The average molecular weight is 241 g/mol. The largest absolute Gasteiger partial charge is 0.383 e. The third-order valence-corrected chi connectivity index (χ3v) is 2.22. The molecule has 0 bridgehead atoms. The molecule has 0 saturated carbocycles. The van der Waals surface area contributed by atoms with Gasteiger partial charge in [0, 0.05) is 33.5 Å². The number of nitrogens with zero attached hydrogens (tertiary/aromatic N) is 3. The van der Waals surface area contributed by atoms with E-state index in [4.69, 9.17) is 15.3 Å². The second-order valence-corrected chi connectivity index (χ2v) is 3.36. The number of methoxy groups -OCH3 is 2. The number of nitrogen functional groups attached to an aromatic ring is 1. The highest BCUT2D eigenvalue weighted by atomic mass is 16.5. The number of hydrogen-bond donors (Lipinski definition) is 2. The lowest BCUT2D eigenvalue weighted by Crippen LogP contribution is -2.31. The van der Waals surface area contributed by atoms with Crippen molar-refractivity contribution in [3.05, 3.63) is 12.3 Å². The lowest BCUT2D eigenvalue weighted by atomic mass is 10.4. The fourth-order valence-electron chi connectivity index (χ4n) is 1.34. The molecule has 0 radical (unpaired) electrons. The van der Waals surface area contributed by atoms with Crippen LogP contribution in [0.15, 0.2) is 12.3 Å². The van der Waals surface area contributed by atoms with Crippen LogP contribution in [-0.4, -0.2) is 50.5 Å². The normalized spacial score (nSPS) is 10.3. The predicted molar refractivity (Wildman–Crippen MR) is 65.8 cm³/mol. The predicted octanol–water partition coefficient (Wildman–Crippen LogP) is -0.139. The molecular formula is C10H19N5O2. The smallest absolute Gasteiger partial charge is 0.239 e. The lowest BCUT2D eigenvalue weighted by Gasteiger charge is -2.23. The van der Waals surface area contributed by atoms with Gasteiger partial charge in [0.2, 0.25) is 5.95 Å². The Labute approximate surface area is 101 Å². The topological polar surface area (TPSA) is 85.5 Å². The zero-order valence-corrected chi connectivity index (χ0v) is 10.2. The van der Waals surface area contributed by atoms with Crippen molar-refractivity contribution in [3.8, 4) is 0 Å². The van der Waals surface area contributed by atoms with Crippen molar-refractivity contribution in [1.82, 2.24) is 9.97 Å². The molecule has 0 fully saturated rings. The van der Waals surface area contributed by atoms with Crippen molar-refractivity contribution < 1.29 is 9.47 Å². The summed E-state index contributed by atoms with van der Waals surface area (Å²) in [5.74, 6) is 6.46. The van der Waals surface area contributed by atoms with E-state index in [1.54, 1.807) is 20.4 Å². The summed E-state index contributed by atoms with van der Waals surface area (Å²) in [6, 6.07) is 1.83. The van der Waals surface area contributed by atoms with Gasteiger partial charge in [-0.05, 0) is 6.07 Å². The fraction of sp³-hybridized carbons (Fsp3) is 0.600. The summed E-state index contributed by atoms with van der Waals surface area (Å²) >= 11 is 0. The van der Waals surface area contributed by atoms with Crippen molar-refractivity contribution in [2.24, 2.45) is 5.84 Å². The summed E-state index contributed by atoms with van der Waals surface area (Å²) in [5, 5.41) is 0. The Morgan fingerprint density at radius 2 is 1.94 bits per heavy atom. The molecule has 0 amide bonds. The molecule has 0 aliphatic heterocycles. The van der Waals surface area contributed by atoms with Crippen LogP contribution in [0.3, 0.4) is 0 Å². The van der Waals surface area contributed by atoms with Crippen LogP contribution < -0.4 is 16.2 Å². The molecule has 0 aromatic carbocycles. The van der Waals surface area contributed by atoms with Gasteiger partial charge in [0.1, 0.15) is 5.82 Å². The molecule has 0 atom stereocenters. The number of aromatic nitrogens is 2. The van der Waals surface area contributed by atoms with E-state index in [1.165, 1.54) is 0 Å². The van der Waals surface area contributed by atoms with Gasteiger partial charge >= 0.3 is 0 Å². The number of nitrogens with two attached hydrogens (primary N) is 1. The monoisotopic (exact) mass is 241 g/mol. The van der Waals surface area contributed by atoms with Crippen LogP contribution in [0.5, 0.6) is 0 Å². The quantitative estimate of drug-likeness (QED) is 0.484. The number of ether oxygens (including phenoxy) is 2. The van der Waals surface area contributed by atoms with Crippen molar-refractivity contribution in [1.29, 1.82) is 0 Å². The van der Waals surface area contributed by atoms with E-state index < -0.39 is 0 Å². The van der Waals surface area contributed by atoms with E-state index in [0.717, 1.165) is 18.9 Å². The molecule has 0 unspecified atom stereocenters. The van der Waals surface area contributed by atoms with Crippen molar-refractivity contribution in [2.75, 3.05) is 50.8 Å². The molecule has 7 heteroatoms. The maximum absolute atomic E-state index is 5.28. The standard InChI is InChI=1S/C10H19N5O2/c1-16-7-5-15(6-8-17-2)9-3-4-12-10(13-9)14-11/h3-4H,5-8,11H2,1-2H3,(H,12,13,14). The first-order valence-electron chi connectivity index (χ1n) is 5.34. The van der Waals surface area contributed by atoms with E-state index in [0.29, 0.717) is 19.2 Å². The molecule has 96 valence electrons. The second-order valence-electron chi connectivity index (χ2n) is 3.36. The van der Waals surface area contributed by atoms with Crippen LogP contribution in [0.1, 0.15) is 0 Å². The highest BCUT2D eigenvalue weighted by Crippen LogP contribution is 2.11. The molecule has 17 heavy (non-hydrogen) atoms. The zero-order chi connectivity index (χ0) is 12.5. The van der Waals surface area contributed by atoms with Crippen LogP contribution in [0, 0.1) is 0 Å². The molecule has 0 aliphatic rings. The first kappa shape index (κ1) is 13.6. The third-order valence-electron chi connectivity index (χ3n) is 2.22. The zero-order valence-electron chi connectivity index (χ0n) is 10.2. The van der Waals surface area contributed by atoms with E-state index in [-0.39, 0.29) is 0 Å². The van der Waals surface area contributed by atoms with Crippen molar-refractivity contribution >= 4 is 11.8 Å². The van der Waals surface area contributed by atoms with Gasteiger partial charge in [-0.25, -0.2) is 10.8 Å². The summed E-state index contributed by atoms with van der Waals surface area (Å²) in [5.41, 5.74) is 2.42. The maximum Gasteiger partial charge on any atom is 0.239 e. The molecular weight excluding hydrogens is 222 g/mol. The number of hydrogen-bond acceptors (Lipinski definition) is 7. The van der Waals surface area contributed by atoms with Crippen molar-refractivity contribution in [3.63, 3.8) is 0 Å². The van der Waals surface area contributed by atoms with Crippen molar-refractivity contribution in [2.45, 2.75) is 0 Å². The molecule has 7 nitrogen and oxygen atoms in total. The SMILES string of the molecule is COCCN(CCOC)c1ccnc(NN)n1. The van der Waals surface area contributed by atoms with Crippen LogP contribution in [0.4, 0.5) is 11.8 Å². The van der Waals surface area contributed by atoms with Gasteiger partial charge in [-0.2, -0.15) is 4.98 Å². The molecule has 1 aromatic rings. The van der Waals surface area contributed by atoms with Crippen LogP contribution in [0.2, 0.25) is 0 Å². The second kappa shape index (κ2) is 7.77. The number of anilines is 2. The van der Waals surface area contributed by atoms with Gasteiger partial charge in [-0.3, -0.25) is 5.43 Å². The Bertz CT molecular complexity index is 315. The highest BCUT2D eigenvalue weighted by Gasteiger charge is 2.08. The molecule has 3 N–H and O–H groups in total. The lowest BCUT2D eigenvalue weighted by molar-refractivity contribution is 0.190. The van der Waals surface area contributed by atoms with E-state index in [2.05, 4.69) is 20.3 Å². The molecule has 0 saturated heterocycles. The summed E-state index contributed by atoms with van der Waals surface area (Å²) in [6.45, 7) is 2.72. The molecule has 0 spiro atoms. The van der Waals surface area contributed by atoms with E-state index >= 15 is 0 Å². The maximum atomic E-state index is 5.28. The van der Waals surface area contributed by atoms with Gasteiger partial charge < -0.3 is 14.4 Å². The Kier molecular flexibility index (Phi) is 6.23. The molecule has 1 aromatic heterocycles. The van der Waals surface area contributed by atoms with E-state index in [9.17, 15) is 0 Å². The Hall–Kier alpha value is -1.44. The van der Waals surface area contributed by atoms with Crippen LogP contribution in [0.25, 0.3) is 0 Å². The van der Waals surface area contributed by atoms with Crippen LogP contribution >= 0.6 is 0 Å².